The lowest BCUT2D eigenvalue weighted by atomic mass is 9.44. The fraction of sp³-hybridized carbons (Fsp3) is 1.00. The van der Waals surface area contributed by atoms with E-state index in [1.807, 2.05) is 0 Å². The highest BCUT2D eigenvalue weighted by Gasteiger charge is 2.60. The number of nitroso groups, excluding NO2 is 1. The highest BCUT2D eigenvalue weighted by molar-refractivity contribution is 5.10. The molecule has 4 rings (SSSR count). The van der Waals surface area contributed by atoms with Crippen molar-refractivity contribution in [2.24, 2.45) is 63.4 Å². The fourth-order valence-corrected chi connectivity index (χ4v) is 9.99. The maximum atomic E-state index is 11.2. The molecule has 0 aromatic heterocycles. The maximum absolute atomic E-state index is 11.2. The van der Waals surface area contributed by atoms with Crippen LogP contribution < -0.4 is 0 Å². The van der Waals surface area contributed by atoms with Crippen LogP contribution in [0.3, 0.4) is 0 Å². The van der Waals surface area contributed by atoms with Crippen LogP contribution in [-0.4, -0.2) is 6.04 Å². The van der Waals surface area contributed by atoms with Gasteiger partial charge >= 0.3 is 0 Å². The minimum absolute atomic E-state index is 0.109. The molecule has 4 aliphatic carbocycles. The summed E-state index contributed by atoms with van der Waals surface area (Å²) in [5, 5.41) is 3.46. The van der Waals surface area contributed by atoms with Crippen molar-refractivity contribution >= 4 is 0 Å². The molecule has 0 amide bonds. The van der Waals surface area contributed by atoms with Crippen molar-refractivity contribution in [1.29, 1.82) is 0 Å². The Morgan fingerprint density at radius 1 is 0.871 bits per heavy atom. The molecule has 0 saturated heterocycles. The molecule has 0 bridgehead atoms. The first-order valence-corrected chi connectivity index (χ1v) is 14.1. The summed E-state index contributed by atoms with van der Waals surface area (Å²) < 4.78 is 0. The Hall–Kier alpha value is -0.400. The van der Waals surface area contributed by atoms with E-state index in [9.17, 15) is 4.91 Å². The zero-order valence-electron chi connectivity index (χ0n) is 21.5. The normalized spacial score (nSPS) is 46.7. The van der Waals surface area contributed by atoms with E-state index in [0.29, 0.717) is 10.8 Å². The summed E-state index contributed by atoms with van der Waals surface area (Å²) in [5.74, 6) is 7.17. The summed E-state index contributed by atoms with van der Waals surface area (Å²) in [7, 11) is 0. The third-order valence-corrected chi connectivity index (χ3v) is 12.0. The first-order valence-electron chi connectivity index (χ1n) is 14.1. The molecule has 2 heteroatoms. The van der Waals surface area contributed by atoms with E-state index in [1.54, 1.807) is 0 Å². The summed E-state index contributed by atoms with van der Waals surface area (Å²) in [6.45, 7) is 15.2. The number of hydrogen-bond acceptors (Lipinski definition) is 2. The predicted molar refractivity (Wildman–Crippen MR) is 132 cm³/mol. The molecule has 0 aliphatic heterocycles. The summed E-state index contributed by atoms with van der Waals surface area (Å²) in [6.07, 6.45) is 16.3. The first kappa shape index (κ1) is 23.7. The quantitative estimate of drug-likeness (QED) is 0.371. The van der Waals surface area contributed by atoms with Crippen molar-refractivity contribution in [3.63, 3.8) is 0 Å². The van der Waals surface area contributed by atoms with E-state index < -0.39 is 0 Å². The van der Waals surface area contributed by atoms with Crippen LogP contribution in [0.1, 0.15) is 119 Å². The molecule has 9 unspecified atom stereocenters. The van der Waals surface area contributed by atoms with E-state index in [0.717, 1.165) is 60.2 Å². The van der Waals surface area contributed by atoms with Gasteiger partial charge in [0.2, 0.25) is 0 Å². The van der Waals surface area contributed by atoms with E-state index in [2.05, 4.69) is 46.7 Å². The van der Waals surface area contributed by atoms with Crippen LogP contribution in [0.2, 0.25) is 0 Å². The second-order valence-corrected chi connectivity index (χ2v) is 13.4. The highest BCUT2D eigenvalue weighted by atomic mass is 16.3. The van der Waals surface area contributed by atoms with E-state index in [4.69, 9.17) is 0 Å². The summed E-state index contributed by atoms with van der Waals surface area (Å²) in [6, 6.07) is 0.109. The molecule has 0 radical (unpaired) electrons. The SMILES string of the molecule is CCC(CC[C@@H](C)C1CCC2C3CCC4CC(N=O)CCC4(C)C3CCC21C)C(C)C. The van der Waals surface area contributed by atoms with Crippen molar-refractivity contribution < 1.29 is 0 Å². The molecular weight excluding hydrogens is 378 g/mol. The molecule has 4 aliphatic rings. The molecule has 2 nitrogen and oxygen atoms in total. The van der Waals surface area contributed by atoms with Gasteiger partial charge in [-0.05, 0) is 122 Å². The lowest BCUT2D eigenvalue weighted by Gasteiger charge is -2.61. The Bertz CT molecular complexity index is 630. The van der Waals surface area contributed by atoms with Crippen molar-refractivity contribution in [3.8, 4) is 0 Å². The van der Waals surface area contributed by atoms with Gasteiger partial charge in [0.05, 0.1) is 6.04 Å². The monoisotopic (exact) mass is 429 g/mol. The molecule has 10 atom stereocenters. The van der Waals surface area contributed by atoms with E-state index in [1.165, 1.54) is 64.2 Å². The summed E-state index contributed by atoms with van der Waals surface area (Å²) in [5.41, 5.74) is 1.08. The average molecular weight is 430 g/mol. The van der Waals surface area contributed by atoms with Gasteiger partial charge in [-0.1, -0.05) is 59.6 Å². The average Bonchev–Trinajstić information content (AvgIpc) is 3.10. The lowest BCUT2D eigenvalue weighted by Crippen LogP contribution is -2.54. The molecule has 0 heterocycles. The third kappa shape index (κ3) is 4.05. The van der Waals surface area contributed by atoms with Gasteiger partial charge in [-0.15, -0.1) is 0 Å². The second kappa shape index (κ2) is 9.09. The largest absolute Gasteiger partial charge is 0.151 e. The van der Waals surface area contributed by atoms with Crippen molar-refractivity contribution in [2.45, 2.75) is 125 Å². The molecule has 4 saturated carbocycles. The van der Waals surface area contributed by atoms with Crippen molar-refractivity contribution in [3.05, 3.63) is 4.91 Å². The molecule has 0 spiro atoms. The van der Waals surface area contributed by atoms with E-state index >= 15 is 0 Å². The van der Waals surface area contributed by atoms with Crippen LogP contribution in [0.15, 0.2) is 5.18 Å². The van der Waals surface area contributed by atoms with Gasteiger partial charge in [0.15, 0.2) is 0 Å². The van der Waals surface area contributed by atoms with Crippen LogP contribution >= 0.6 is 0 Å². The number of nitrogens with zero attached hydrogens (tertiary/aromatic N) is 1. The van der Waals surface area contributed by atoms with Gasteiger partial charge in [-0.2, -0.15) is 4.91 Å². The molecule has 0 aromatic rings. The Kier molecular flexibility index (Phi) is 6.97. The molecular formula is C29H51NO. The molecule has 0 N–H and O–H groups in total. The minimum Gasteiger partial charge on any atom is -0.151 e. The van der Waals surface area contributed by atoms with Crippen LogP contribution in [0.25, 0.3) is 0 Å². The standard InChI is InChI=1S/C29H51NO/c1-7-21(19(2)3)9-8-20(4)25-12-13-26-24-11-10-22-18-23(30-31)14-16-28(22,5)27(24)15-17-29(25,26)6/h19-27H,7-18H2,1-6H3/t20-,21?,22?,23?,24?,25?,26?,27?,28?,29?/m1/s1. The fourth-order valence-electron chi connectivity index (χ4n) is 9.99. The van der Waals surface area contributed by atoms with Crippen molar-refractivity contribution in [2.75, 3.05) is 0 Å². The molecule has 31 heavy (non-hydrogen) atoms. The predicted octanol–water partition coefficient (Wildman–Crippen LogP) is 8.88. The lowest BCUT2D eigenvalue weighted by molar-refractivity contribution is -0.116. The first-order chi connectivity index (χ1) is 14.7. The van der Waals surface area contributed by atoms with Crippen LogP contribution in [0.5, 0.6) is 0 Å². The van der Waals surface area contributed by atoms with Gasteiger partial charge in [0, 0.05) is 0 Å². The molecule has 0 aromatic carbocycles. The Balaban J connectivity index is 1.44. The zero-order chi connectivity index (χ0) is 22.4. The topological polar surface area (TPSA) is 29.4 Å². The Morgan fingerprint density at radius 2 is 1.58 bits per heavy atom. The third-order valence-electron chi connectivity index (χ3n) is 12.0. The Labute approximate surface area is 193 Å². The Morgan fingerprint density at radius 3 is 2.26 bits per heavy atom. The zero-order valence-corrected chi connectivity index (χ0v) is 21.5. The van der Waals surface area contributed by atoms with Gasteiger partial charge in [-0.3, -0.25) is 0 Å². The van der Waals surface area contributed by atoms with Crippen LogP contribution in [0, 0.1) is 63.1 Å². The van der Waals surface area contributed by atoms with Gasteiger partial charge in [0.25, 0.3) is 0 Å². The minimum atomic E-state index is 0.109. The highest BCUT2D eigenvalue weighted by Crippen LogP contribution is 2.68. The smallest absolute Gasteiger partial charge is 0.0922 e. The van der Waals surface area contributed by atoms with Gasteiger partial charge < -0.3 is 0 Å². The summed E-state index contributed by atoms with van der Waals surface area (Å²) >= 11 is 0. The summed E-state index contributed by atoms with van der Waals surface area (Å²) in [4.78, 5) is 11.2. The van der Waals surface area contributed by atoms with E-state index in [-0.39, 0.29) is 6.04 Å². The van der Waals surface area contributed by atoms with Gasteiger partial charge in [-0.25, -0.2) is 0 Å². The van der Waals surface area contributed by atoms with Crippen LogP contribution in [0.4, 0.5) is 0 Å². The van der Waals surface area contributed by atoms with Gasteiger partial charge in [0.1, 0.15) is 0 Å². The molecule has 4 fully saturated rings. The number of rotatable bonds is 7. The molecule has 178 valence electrons. The number of hydrogen-bond donors (Lipinski definition) is 0. The maximum Gasteiger partial charge on any atom is 0.0922 e. The van der Waals surface area contributed by atoms with Crippen molar-refractivity contribution in [1.82, 2.24) is 0 Å². The van der Waals surface area contributed by atoms with Crippen LogP contribution in [-0.2, 0) is 0 Å². The second-order valence-electron chi connectivity index (χ2n) is 13.4. The number of fused-ring (bicyclic) bond motifs is 5.